The van der Waals surface area contributed by atoms with E-state index in [0.29, 0.717) is 28.6 Å². The van der Waals surface area contributed by atoms with Crippen molar-refractivity contribution in [1.29, 1.82) is 0 Å². The summed E-state index contributed by atoms with van der Waals surface area (Å²) in [6.45, 7) is 1.03. The Kier molecular flexibility index (Phi) is 8.01. The van der Waals surface area contributed by atoms with Gasteiger partial charge in [0.2, 0.25) is 5.91 Å². The number of primary amides is 1. The first-order chi connectivity index (χ1) is 16.9. The minimum absolute atomic E-state index is 0.0255. The first-order valence-electron chi connectivity index (χ1n) is 10.9. The fourth-order valence-electron chi connectivity index (χ4n) is 3.84. The summed E-state index contributed by atoms with van der Waals surface area (Å²) < 4.78 is 9.58. The molecule has 0 bridgehead atoms. The molecule has 3 amide bonds. The van der Waals surface area contributed by atoms with Crippen molar-refractivity contribution >= 4 is 57.9 Å². The van der Waals surface area contributed by atoms with Crippen molar-refractivity contribution < 1.29 is 19.1 Å². The number of amides is 3. The summed E-state index contributed by atoms with van der Waals surface area (Å²) in [5, 5.41) is 5.22. The number of nitrogens with two attached hydrogens (primary N) is 2. The Morgan fingerprint density at radius 1 is 1.26 bits per heavy atom. The number of aromatic nitrogens is 1. The molecule has 1 saturated heterocycles. The maximum absolute atomic E-state index is 13.8. The van der Waals surface area contributed by atoms with Gasteiger partial charge in [-0.3, -0.25) is 14.4 Å². The van der Waals surface area contributed by atoms with Crippen molar-refractivity contribution in [2.24, 2.45) is 5.73 Å². The van der Waals surface area contributed by atoms with Crippen LogP contribution < -0.4 is 16.8 Å². The molecule has 0 aliphatic carbocycles. The number of ether oxygens (including phenoxy) is 1. The third kappa shape index (κ3) is 5.64. The molecule has 1 aliphatic heterocycles. The van der Waals surface area contributed by atoms with E-state index in [2.05, 4.69) is 9.69 Å². The second kappa shape index (κ2) is 11.2. The number of nitrogens with zero attached hydrogens (tertiary/aromatic N) is 2. The molecule has 2 aromatic heterocycles. The van der Waals surface area contributed by atoms with Crippen molar-refractivity contribution in [3.05, 3.63) is 67.8 Å². The maximum atomic E-state index is 13.8. The average Bonchev–Trinajstić information content (AvgIpc) is 3.60. The van der Waals surface area contributed by atoms with Crippen LogP contribution in [0.15, 0.2) is 41.8 Å². The zero-order valence-corrected chi connectivity index (χ0v) is 21.0. The number of carbonyl (C=O) groups is 3. The van der Waals surface area contributed by atoms with E-state index >= 15 is 0 Å². The highest BCUT2D eigenvalue weighted by atomic mass is 35.5. The number of thiophene rings is 1. The van der Waals surface area contributed by atoms with Gasteiger partial charge in [-0.1, -0.05) is 35.9 Å². The smallest absolute Gasteiger partial charge is 0.270 e. The molecule has 2 atom stereocenters. The standard InChI is InChI=1S/C23H24ClN5O4S2/c24-15-7-2-1-5-13(15)12-29(23(32)20-17(25)18(21(26)30)28-35-20)19(16-8-4-10-34-16)22(31)27-11-14-6-3-9-33-14/h1-2,4-5,7-8,10,14,19H,3,6,9,11-12,25H2,(H2,26,30)(H,27,31). The van der Waals surface area contributed by atoms with Gasteiger partial charge in [-0.15, -0.1) is 11.3 Å². The normalized spacial score (nSPS) is 16.1. The molecular formula is C23H24ClN5O4S2. The van der Waals surface area contributed by atoms with Gasteiger partial charge in [-0.05, 0) is 47.5 Å². The SMILES string of the molecule is NC(=O)c1nsc(C(=O)N(Cc2ccccc2Cl)C(C(=O)NCC2CCCO2)c2cccs2)c1N. The van der Waals surface area contributed by atoms with E-state index in [1.807, 2.05) is 11.4 Å². The van der Waals surface area contributed by atoms with Crippen LogP contribution in [0, 0.1) is 0 Å². The fourth-order valence-corrected chi connectivity index (χ4v) is 5.63. The van der Waals surface area contributed by atoms with E-state index in [4.69, 9.17) is 27.8 Å². The van der Waals surface area contributed by atoms with Crippen LogP contribution in [0.25, 0.3) is 0 Å². The Hall–Kier alpha value is -2.99. The molecule has 0 saturated carbocycles. The minimum Gasteiger partial charge on any atom is -0.395 e. The van der Waals surface area contributed by atoms with Gasteiger partial charge in [0.15, 0.2) is 5.69 Å². The molecule has 184 valence electrons. The lowest BCUT2D eigenvalue weighted by atomic mass is 10.1. The number of carbonyl (C=O) groups excluding carboxylic acids is 3. The molecule has 0 spiro atoms. The Morgan fingerprint density at radius 2 is 2.06 bits per heavy atom. The van der Waals surface area contributed by atoms with Gasteiger partial charge in [-0.25, -0.2) is 0 Å². The van der Waals surface area contributed by atoms with Crippen molar-refractivity contribution in [3.63, 3.8) is 0 Å². The van der Waals surface area contributed by atoms with Gasteiger partial charge in [0.1, 0.15) is 10.9 Å². The highest BCUT2D eigenvalue weighted by molar-refractivity contribution is 7.10. The summed E-state index contributed by atoms with van der Waals surface area (Å²) in [6, 6.07) is 9.70. The third-order valence-corrected chi connectivity index (χ3v) is 7.76. The number of benzene rings is 1. The average molecular weight is 534 g/mol. The predicted molar refractivity (Wildman–Crippen MR) is 135 cm³/mol. The quantitative estimate of drug-likeness (QED) is 0.385. The number of halogens is 1. The van der Waals surface area contributed by atoms with Gasteiger partial charge in [0.25, 0.3) is 11.8 Å². The van der Waals surface area contributed by atoms with Gasteiger partial charge in [0.05, 0.1) is 11.8 Å². The summed E-state index contributed by atoms with van der Waals surface area (Å²) in [4.78, 5) is 41.1. The fraction of sp³-hybridized carbons (Fsp3) is 0.304. The Balaban J connectivity index is 1.72. The number of anilines is 1. The lowest BCUT2D eigenvalue weighted by Crippen LogP contribution is -2.44. The van der Waals surface area contributed by atoms with Crippen LogP contribution in [0.2, 0.25) is 5.02 Å². The van der Waals surface area contributed by atoms with Crippen LogP contribution in [-0.4, -0.2) is 46.3 Å². The lowest BCUT2D eigenvalue weighted by Gasteiger charge is -2.31. The van der Waals surface area contributed by atoms with E-state index in [-0.39, 0.29) is 34.8 Å². The Morgan fingerprint density at radius 3 is 2.69 bits per heavy atom. The van der Waals surface area contributed by atoms with Gasteiger partial charge in [0, 0.05) is 29.6 Å². The summed E-state index contributed by atoms with van der Waals surface area (Å²) >= 11 is 8.52. The number of hydrogen-bond acceptors (Lipinski definition) is 8. The third-order valence-electron chi connectivity index (χ3n) is 5.62. The molecule has 1 aromatic carbocycles. The number of nitrogen functional groups attached to an aromatic ring is 1. The summed E-state index contributed by atoms with van der Waals surface area (Å²) in [5.41, 5.74) is 11.8. The molecule has 3 aromatic rings. The largest absolute Gasteiger partial charge is 0.395 e. The molecule has 12 heteroatoms. The molecule has 5 N–H and O–H groups in total. The lowest BCUT2D eigenvalue weighted by molar-refractivity contribution is -0.126. The van der Waals surface area contributed by atoms with E-state index in [0.717, 1.165) is 24.4 Å². The molecule has 1 aliphatic rings. The molecule has 35 heavy (non-hydrogen) atoms. The van der Waals surface area contributed by atoms with Crippen molar-refractivity contribution in [2.45, 2.75) is 31.5 Å². The topological polar surface area (TPSA) is 141 Å². The Bertz CT molecular complexity index is 1210. The van der Waals surface area contributed by atoms with Crippen LogP contribution in [-0.2, 0) is 16.1 Å². The zero-order chi connectivity index (χ0) is 24.9. The van der Waals surface area contributed by atoms with E-state index in [9.17, 15) is 14.4 Å². The molecule has 0 radical (unpaired) electrons. The van der Waals surface area contributed by atoms with Gasteiger partial charge >= 0.3 is 0 Å². The van der Waals surface area contributed by atoms with Gasteiger partial charge < -0.3 is 26.4 Å². The number of nitrogens with one attached hydrogen (secondary N) is 1. The predicted octanol–water partition coefficient (Wildman–Crippen LogP) is 3.22. The van der Waals surface area contributed by atoms with E-state index in [1.54, 1.807) is 30.3 Å². The van der Waals surface area contributed by atoms with Crippen molar-refractivity contribution in [2.75, 3.05) is 18.9 Å². The molecule has 1 fully saturated rings. The first kappa shape index (κ1) is 25.1. The van der Waals surface area contributed by atoms with Crippen LogP contribution in [0.5, 0.6) is 0 Å². The summed E-state index contributed by atoms with van der Waals surface area (Å²) in [5.74, 6) is -1.75. The molecule has 9 nitrogen and oxygen atoms in total. The van der Waals surface area contributed by atoms with E-state index in [1.165, 1.54) is 16.2 Å². The Labute approximate surface area is 215 Å². The van der Waals surface area contributed by atoms with Crippen LogP contribution >= 0.6 is 34.5 Å². The highest BCUT2D eigenvalue weighted by Gasteiger charge is 2.36. The first-order valence-corrected chi connectivity index (χ1v) is 12.9. The van der Waals surface area contributed by atoms with Crippen LogP contribution in [0.1, 0.15) is 49.5 Å². The van der Waals surface area contributed by atoms with Crippen molar-refractivity contribution in [3.8, 4) is 0 Å². The minimum atomic E-state index is -0.973. The van der Waals surface area contributed by atoms with Crippen molar-refractivity contribution in [1.82, 2.24) is 14.6 Å². The van der Waals surface area contributed by atoms with Crippen LogP contribution in [0.3, 0.4) is 0 Å². The molecular weight excluding hydrogens is 510 g/mol. The van der Waals surface area contributed by atoms with E-state index < -0.39 is 17.9 Å². The van der Waals surface area contributed by atoms with Gasteiger partial charge in [-0.2, -0.15) is 4.37 Å². The second-order valence-corrected chi connectivity index (χ2v) is 10.1. The highest BCUT2D eigenvalue weighted by Crippen LogP contribution is 2.33. The monoisotopic (exact) mass is 533 g/mol. The van der Waals surface area contributed by atoms with Crippen LogP contribution in [0.4, 0.5) is 5.69 Å². The molecule has 3 heterocycles. The summed E-state index contributed by atoms with van der Waals surface area (Å²) in [7, 11) is 0. The maximum Gasteiger partial charge on any atom is 0.270 e. The zero-order valence-electron chi connectivity index (χ0n) is 18.6. The molecule has 2 unspecified atom stereocenters. The summed E-state index contributed by atoms with van der Waals surface area (Å²) in [6.07, 6.45) is 1.74. The number of rotatable bonds is 9. The second-order valence-electron chi connectivity index (χ2n) is 7.96. The molecule has 4 rings (SSSR count). The number of hydrogen-bond donors (Lipinski definition) is 3.